The highest BCUT2D eigenvalue weighted by Gasteiger charge is 2.44. The zero-order chi connectivity index (χ0) is 19.0. The molecule has 0 saturated carbocycles. The highest BCUT2D eigenvalue weighted by atomic mass is 35.5. The first kappa shape index (κ1) is 20.1. The maximum atomic E-state index is 6.62. The van der Waals surface area contributed by atoms with Crippen LogP contribution in [0.5, 0.6) is 0 Å². The summed E-state index contributed by atoms with van der Waals surface area (Å²) in [4.78, 5) is 0. The first-order valence-corrected chi connectivity index (χ1v) is 10.0. The number of benzene rings is 2. The molecule has 1 aliphatic rings. The topological polar surface area (TPSA) is 30.5 Å². The van der Waals surface area contributed by atoms with Crippen LogP contribution in [0, 0.1) is 0 Å². The molecule has 1 fully saturated rings. The molecule has 4 heteroatoms. The average Bonchev–Trinajstić information content (AvgIpc) is 2.72. The van der Waals surface area contributed by atoms with E-state index >= 15 is 0 Å². The lowest BCUT2D eigenvalue weighted by Crippen LogP contribution is -2.54. The lowest BCUT2D eigenvalue weighted by atomic mass is 9.82. The molecule has 0 radical (unpaired) electrons. The summed E-state index contributed by atoms with van der Waals surface area (Å²) in [6.07, 6.45) is 6.00. The first-order chi connectivity index (χ1) is 13.2. The van der Waals surface area contributed by atoms with Crippen LogP contribution >= 0.6 is 11.6 Å². The summed E-state index contributed by atoms with van der Waals surface area (Å²) < 4.78 is 12.9. The van der Waals surface area contributed by atoms with Crippen LogP contribution in [0.4, 0.5) is 0 Å². The molecule has 0 bridgehead atoms. The summed E-state index contributed by atoms with van der Waals surface area (Å²) in [5.41, 5.74) is 1.79. The monoisotopic (exact) mass is 385 g/mol. The van der Waals surface area contributed by atoms with Gasteiger partial charge in [0.25, 0.3) is 0 Å². The second-order valence-corrected chi connectivity index (χ2v) is 7.26. The van der Waals surface area contributed by atoms with E-state index in [2.05, 4.69) is 48.7 Å². The molecular formula is C23H28ClNO2. The van der Waals surface area contributed by atoms with Gasteiger partial charge in [0, 0.05) is 11.6 Å². The zero-order valence-corrected chi connectivity index (χ0v) is 16.6. The van der Waals surface area contributed by atoms with Gasteiger partial charge in [0.15, 0.2) is 0 Å². The van der Waals surface area contributed by atoms with Crippen LogP contribution in [0.3, 0.4) is 0 Å². The normalized spacial score (nSPS) is 23.0. The summed E-state index contributed by atoms with van der Waals surface area (Å²) in [7, 11) is 0. The van der Waals surface area contributed by atoms with Crippen molar-refractivity contribution in [3.05, 3.63) is 82.9 Å². The van der Waals surface area contributed by atoms with Gasteiger partial charge in [-0.15, -0.1) is 0 Å². The molecule has 1 N–H and O–H groups in total. The number of allylic oxidation sites excluding steroid dienone is 1. The quantitative estimate of drug-likeness (QED) is 0.641. The Morgan fingerprint density at radius 2 is 1.89 bits per heavy atom. The third-order valence-corrected chi connectivity index (χ3v) is 5.24. The van der Waals surface area contributed by atoms with Crippen molar-refractivity contribution >= 4 is 11.6 Å². The van der Waals surface area contributed by atoms with Crippen molar-refractivity contribution < 1.29 is 9.47 Å². The van der Waals surface area contributed by atoms with Gasteiger partial charge in [0.1, 0.15) is 11.7 Å². The maximum Gasteiger partial charge on any atom is 0.122 e. The minimum Gasteiger partial charge on any atom is -0.369 e. The molecule has 2 atom stereocenters. The second-order valence-electron chi connectivity index (χ2n) is 6.83. The molecule has 0 spiro atoms. The molecular weight excluding hydrogens is 358 g/mol. The molecule has 1 aliphatic heterocycles. The van der Waals surface area contributed by atoms with E-state index < -0.39 is 5.60 Å². The number of hydrogen-bond donors (Lipinski definition) is 1. The molecule has 3 rings (SSSR count). The van der Waals surface area contributed by atoms with Gasteiger partial charge in [-0.2, -0.15) is 0 Å². The van der Waals surface area contributed by atoms with Crippen LogP contribution in [-0.4, -0.2) is 25.8 Å². The standard InChI is InChI=1S/C23H28ClNO2/c1-2-3-7-16-26-22-17-25-15-14-23(22,20-10-12-21(24)13-11-20)27-18-19-8-5-4-6-9-19/h3-13,22,25H,2,14-18H2,1H3/b7-3-. The van der Waals surface area contributed by atoms with Crippen molar-refractivity contribution in [1.82, 2.24) is 5.32 Å². The SMILES string of the molecule is CC/C=C\COC1CNCCC1(OCc1ccccc1)c1ccc(Cl)cc1. The van der Waals surface area contributed by atoms with Crippen LogP contribution in [0.1, 0.15) is 30.9 Å². The van der Waals surface area contributed by atoms with Crippen LogP contribution in [-0.2, 0) is 21.7 Å². The van der Waals surface area contributed by atoms with Gasteiger partial charge in [-0.05, 0) is 42.6 Å². The van der Waals surface area contributed by atoms with Crippen LogP contribution < -0.4 is 5.32 Å². The number of ether oxygens (including phenoxy) is 2. The van der Waals surface area contributed by atoms with Gasteiger partial charge in [-0.3, -0.25) is 0 Å². The number of nitrogens with one attached hydrogen (secondary N) is 1. The van der Waals surface area contributed by atoms with Gasteiger partial charge in [-0.25, -0.2) is 0 Å². The van der Waals surface area contributed by atoms with Crippen molar-refractivity contribution in [1.29, 1.82) is 0 Å². The van der Waals surface area contributed by atoms with Crippen molar-refractivity contribution in [3.8, 4) is 0 Å². The first-order valence-electron chi connectivity index (χ1n) is 9.66. The lowest BCUT2D eigenvalue weighted by Gasteiger charge is -2.44. The van der Waals surface area contributed by atoms with Gasteiger partial charge in [-0.1, -0.05) is 73.1 Å². The lowest BCUT2D eigenvalue weighted by molar-refractivity contribution is -0.168. The summed E-state index contributed by atoms with van der Waals surface area (Å²) in [6, 6.07) is 18.3. The minimum absolute atomic E-state index is 0.0716. The molecule has 27 heavy (non-hydrogen) atoms. The summed E-state index contributed by atoms with van der Waals surface area (Å²) >= 11 is 6.13. The summed E-state index contributed by atoms with van der Waals surface area (Å²) in [6.45, 7) is 4.91. The highest BCUT2D eigenvalue weighted by Crippen LogP contribution is 2.38. The fourth-order valence-corrected chi connectivity index (χ4v) is 3.66. The predicted octanol–water partition coefficient (Wildman–Crippen LogP) is 5.10. The zero-order valence-electron chi connectivity index (χ0n) is 15.9. The number of rotatable bonds is 8. The Morgan fingerprint density at radius 1 is 1.11 bits per heavy atom. The van der Waals surface area contributed by atoms with E-state index in [0.29, 0.717) is 13.2 Å². The fourth-order valence-electron chi connectivity index (χ4n) is 3.53. The molecule has 0 amide bonds. The average molecular weight is 386 g/mol. The van der Waals surface area contributed by atoms with Crippen LogP contribution in [0.2, 0.25) is 5.02 Å². The minimum atomic E-state index is -0.494. The molecule has 0 aliphatic carbocycles. The van der Waals surface area contributed by atoms with Crippen molar-refractivity contribution in [3.63, 3.8) is 0 Å². The van der Waals surface area contributed by atoms with E-state index in [9.17, 15) is 0 Å². The maximum absolute atomic E-state index is 6.62. The van der Waals surface area contributed by atoms with Crippen molar-refractivity contribution in [2.45, 2.75) is 38.1 Å². The molecule has 2 aromatic rings. The van der Waals surface area contributed by atoms with E-state index in [-0.39, 0.29) is 6.10 Å². The number of halogens is 1. The Hall–Kier alpha value is -1.65. The Labute approximate surface area is 167 Å². The van der Waals surface area contributed by atoms with Gasteiger partial charge < -0.3 is 14.8 Å². The van der Waals surface area contributed by atoms with E-state index in [1.165, 1.54) is 0 Å². The summed E-state index contributed by atoms with van der Waals surface area (Å²) in [5, 5.41) is 4.19. The van der Waals surface area contributed by atoms with E-state index in [0.717, 1.165) is 42.1 Å². The second kappa shape index (κ2) is 10.0. The van der Waals surface area contributed by atoms with Gasteiger partial charge in [0.05, 0.1) is 13.2 Å². The Bertz CT molecular complexity index is 717. The molecule has 0 aromatic heterocycles. The Kier molecular flexibility index (Phi) is 7.48. The largest absolute Gasteiger partial charge is 0.369 e. The van der Waals surface area contributed by atoms with Gasteiger partial charge >= 0.3 is 0 Å². The molecule has 144 valence electrons. The Morgan fingerprint density at radius 3 is 2.63 bits per heavy atom. The predicted molar refractivity (Wildman–Crippen MR) is 111 cm³/mol. The number of piperidine rings is 1. The molecule has 3 nitrogen and oxygen atoms in total. The van der Waals surface area contributed by atoms with Crippen molar-refractivity contribution in [2.75, 3.05) is 19.7 Å². The van der Waals surface area contributed by atoms with E-state index in [4.69, 9.17) is 21.1 Å². The molecule has 2 unspecified atom stereocenters. The van der Waals surface area contributed by atoms with Crippen LogP contribution in [0.25, 0.3) is 0 Å². The van der Waals surface area contributed by atoms with Gasteiger partial charge in [0.2, 0.25) is 0 Å². The van der Waals surface area contributed by atoms with Crippen molar-refractivity contribution in [2.24, 2.45) is 0 Å². The smallest absolute Gasteiger partial charge is 0.122 e. The third kappa shape index (κ3) is 5.20. The van der Waals surface area contributed by atoms with E-state index in [1.807, 2.05) is 30.3 Å². The Balaban J connectivity index is 1.86. The molecule has 1 heterocycles. The molecule has 1 saturated heterocycles. The van der Waals surface area contributed by atoms with Crippen LogP contribution in [0.15, 0.2) is 66.7 Å². The number of hydrogen-bond acceptors (Lipinski definition) is 3. The summed E-state index contributed by atoms with van der Waals surface area (Å²) in [5.74, 6) is 0. The fraction of sp³-hybridized carbons (Fsp3) is 0.391. The van der Waals surface area contributed by atoms with E-state index in [1.54, 1.807) is 0 Å². The highest BCUT2D eigenvalue weighted by molar-refractivity contribution is 6.30. The molecule has 2 aromatic carbocycles. The third-order valence-electron chi connectivity index (χ3n) is 4.99.